The Balaban J connectivity index is 1.82. The fourth-order valence-electron chi connectivity index (χ4n) is 3.89. The third-order valence-electron chi connectivity index (χ3n) is 5.62. The van der Waals surface area contributed by atoms with Crippen molar-refractivity contribution in [3.8, 4) is 28.5 Å². The van der Waals surface area contributed by atoms with E-state index in [2.05, 4.69) is 4.98 Å². The second kappa shape index (κ2) is 9.82. The molecular weight excluding hydrogens is 452 g/mol. The third-order valence-corrected chi connectivity index (χ3v) is 5.62. The summed E-state index contributed by atoms with van der Waals surface area (Å²) in [6.45, 7) is -2.96. The number of rotatable bonds is 11. The van der Waals surface area contributed by atoms with Crippen LogP contribution in [0.15, 0.2) is 30.6 Å². The average Bonchev–Trinajstić information content (AvgIpc) is 3.56. The van der Waals surface area contributed by atoms with Crippen molar-refractivity contribution in [3.63, 3.8) is 0 Å². The molecule has 0 bridgehead atoms. The minimum Gasteiger partial charge on any atom is -0.496 e. The van der Waals surface area contributed by atoms with Crippen LogP contribution >= 0.6 is 0 Å². The number of nitrogens with zero attached hydrogens (tertiary/aromatic N) is 2. The van der Waals surface area contributed by atoms with E-state index in [0.29, 0.717) is 28.2 Å². The van der Waals surface area contributed by atoms with Crippen LogP contribution in [0.4, 0.5) is 8.78 Å². The lowest BCUT2D eigenvalue weighted by Gasteiger charge is -2.20. The molecule has 182 valence electrons. The lowest BCUT2D eigenvalue weighted by atomic mass is 9.95. The van der Waals surface area contributed by atoms with Crippen molar-refractivity contribution in [2.45, 2.75) is 31.7 Å². The maximum Gasteiger partial charge on any atom is 0.387 e. The molecule has 0 atom stereocenters. The van der Waals surface area contributed by atoms with Crippen LogP contribution in [0.25, 0.3) is 16.9 Å². The largest absolute Gasteiger partial charge is 0.496 e. The first kappa shape index (κ1) is 23.7. The molecule has 1 aliphatic carbocycles. The van der Waals surface area contributed by atoms with Crippen LogP contribution in [0.2, 0.25) is 0 Å². The number of imidazole rings is 1. The van der Waals surface area contributed by atoms with Gasteiger partial charge in [0.25, 0.3) is 5.91 Å². The minimum atomic E-state index is -3.14. The normalized spacial score (nSPS) is 13.6. The van der Waals surface area contributed by atoms with Crippen molar-refractivity contribution in [1.29, 1.82) is 0 Å². The van der Waals surface area contributed by atoms with Crippen molar-refractivity contribution in [2.24, 2.45) is 5.73 Å². The minimum absolute atomic E-state index is 0.0441. The van der Waals surface area contributed by atoms with Gasteiger partial charge in [0, 0.05) is 37.6 Å². The van der Waals surface area contributed by atoms with Crippen molar-refractivity contribution >= 4 is 11.6 Å². The van der Waals surface area contributed by atoms with Crippen LogP contribution in [0, 0.1) is 0 Å². The summed E-state index contributed by atoms with van der Waals surface area (Å²) in [6, 6.07) is 5.08. The van der Waals surface area contributed by atoms with Crippen LogP contribution < -0.4 is 19.9 Å². The number of aromatic nitrogens is 2. The van der Waals surface area contributed by atoms with Crippen LogP contribution in [-0.4, -0.2) is 56.1 Å². The number of primary amides is 1. The van der Waals surface area contributed by atoms with Gasteiger partial charge in [0.05, 0.1) is 19.0 Å². The number of benzene rings is 1. The van der Waals surface area contributed by atoms with Gasteiger partial charge in [-0.2, -0.15) is 8.78 Å². The molecule has 0 saturated heterocycles. The summed E-state index contributed by atoms with van der Waals surface area (Å²) in [6.07, 6.45) is 4.39. The molecule has 1 aromatic carbocycles. The third kappa shape index (κ3) is 4.62. The smallest absolute Gasteiger partial charge is 0.387 e. The summed E-state index contributed by atoms with van der Waals surface area (Å²) in [4.78, 5) is 16.6. The van der Waals surface area contributed by atoms with E-state index < -0.39 is 18.8 Å². The van der Waals surface area contributed by atoms with Crippen molar-refractivity contribution in [2.75, 3.05) is 27.9 Å². The van der Waals surface area contributed by atoms with Gasteiger partial charge in [0.1, 0.15) is 35.1 Å². The molecule has 0 unspecified atom stereocenters. The highest BCUT2D eigenvalue weighted by atomic mass is 19.3. The van der Waals surface area contributed by atoms with Crippen molar-refractivity contribution in [3.05, 3.63) is 41.7 Å². The molecule has 0 aliphatic heterocycles. The SMILES string of the molecule is COc1cc(-c2cnc3cc(OCC(OC)OC)ccn23)c(C2CC2)c(OC(F)F)c1C(N)=O. The number of hydrogen-bond donors (Lipinski definition) is 1. The topological polar surface area (TPSA) is 107 Å². The Hall–Kier alpha value is -3.44. The Morgan fingerprint density at radius 2 is 1.97 bits per heavy atom. The van der Waals surface area contributed by atoms with Crippen molar-refractivity contribution in [1.82, 2.24) is 9.38 Å². The maximum absolute atomic E-state index is 13.4. The van der Waals surface area contributed by atoms with Crippen molar-refractivity contribution < 1.29 is 37.3 Å². The number of pyridine rings is 1. The molecule has 1 aliphatic rings. The van der Waals surface area contributed by atoms with Gasteiger partial charge in [0.15, 0.2) is 6.29 Å². The Morgan fingerprint density at radius 3 is 2.56 bits per heavy atom. The van der Waals surface area contributed by atoms with Gasteiger partial charge in [-0.1, -0.05) is 0 Å². The highest BCUT2D eigenvalue weighted by molar-refractivity contribution is 6.00. The van der Waals surface area contributed by atoms with E-state index in [1.807, 2.05) is 0 Å². The Kier molecular flexibility index (Phi) is 6.85. The van der Waals surface area contributed by atoms with Gasteiger partial charge >= 0.3 is 6.61 Å². The number of fused-ring (bicyclic) bond motifs is 1. The lowest BCUT2D eigenvalue weighted by molar-refractivity contribution is -0.121. The molecule has 4 rings (SSSR count). The van der Waals surface area contributed by atoms with Gasteiger partial charge in [-0.15, -0.1) is 0 Å². The second-order valence-corrected chi connectivity index (χ2v) is 7.71. The molecule has 3 aromatic rings. The number of carbonyl (C=O) groups is 1. The number of methoxy groups -OCH3 is 3. The molecule has 2 aromatic heterocycles. The molecular formula is C23H25F2N3O6. The molecule has 0 radical (unpaired) electrons. The average molecular weight is 477 g/mol. The second-order valence-electron chi connectivity index (χ2n) is 7.71. The first-order chi connectivity index (χ1) is 16.4. The predicted molar refractivity (Wildman–Crippen MR) is 118 cm³/mol. The number of carbonyl (C=O) groups excluding carboxylic acids is 1. The van der Waals surface area contributed by atoms with E-state index in [-0.39, 0.29) is 29.6 Å². The number of hydrogen-bond acceptors (Lipinski definition) is 7. The number of nitrogens with two attached hydrogens (primary N) is 1. The fraction of sp³-hybridized carbons (Fsp3) is 0.391. The summed E-state index contributed by atoms with van der Waals surface area (Å²) in [7, 11) is 4.37. The molecule has 2 heterocycles. The fourth-order valence-corrected chi connectivity index (χ4v) is 3.89. The predicted octanol–water partition coefficient (Wildman–Crippen LogP) is 3.59. The van der Waals surface area contributed by atoms with E-state index in [0.717, 1.165) is 12.8 Å². The molecule has 2 N–H and O–H groups in total. The van der Waals surface area contributed by atoms with E-state index in [4.69, 9.17) is 29.4 Å². The zero-order valence-corrected chi connectivity index (χ0v) is 18.9. The van der Waals surface area contributed by atoms with Crippen LogP contribution in [0.5, 0.6) is 17.2 Å². The van der Waals surface area contributed by atoms with E-state index in [9.17, 15) is 13.6 Å². The highest BCUT2D eigenvalue weighted by Gasteiger charge is 2.36. The molecule has 1 saturated carbocycles. The highest BCUT2D eigenvalue weighted by Crippen LogP contribution is 2.52. The Bertz CT molecular complexity index is 1190. The number of halogens is 2. The summed E-state index contributed by atoms with van der Waals surface area (Å²) in [5, 5.41) is 0. The quantitative estimate of drug-likeness (QED) is 0.421. The van der Waals surface area contributed by atoms with E-state index in [1.165, 1.54) is 21.3 Å². The Morgan fingerprint density at radius 1 is 1.24 bits per heavy atom. The number of amides is 1. The Labute approximate surface area is 194 Å². The van der Waals surface area contributed by atoms with Crippen LogP contribution in [0.3, 0.4) is 0 Å². The van der Waals surface area contributed by atoms with Gasteiger partial charge in [-0.25, -0.2) is 4.98 Å². The lowest BCUT2D eigenvalue weighted by Crippen LogP contribution is -2.22. The maximum atomic E-state index is 13.4. The monoisotopic (exact) mass is 477 g/mol. The molecule has 34 heavy (non-hydrogen) atoms. The molecule has 1 fully saturated rings. The standard InChI is InChI=1S/C23H25F2N3O6/c1-30-16-9-14(19(12-4-5-12)21(34-23(24)25)20(16)22(26)29)15-10-27-17-8-13(6-7-28(15)17)33-11-18(31-2)32-3/h6-10,12,18,23H,4-5,11H2,1-3H3,(H2,26,29). The van der Waals surface area contributed by atoms with Gasteiger partial charge < -0.3 is 29.4 Å². The zero-order chi connectivity index (χ0) is 24.4. The summed E-state index contributed by atoms with van der Waals surface area (Å²) < 4.78 is 54.6. The van der Waals surface area contributed by atoms with E-state index >= 15 is 0 Å². The first-order valence-corrected chi connectivity index (χ1v) is 10.5. The molecule has 11 heteroatoms. The first-order valence-electron chi connectivity index (χ1n) is 10.5. The molecule has 1 amide bonds. The van der Waals surface area contributed by atoms with Gasteiger partial charge in [0.2, 0.25) is 0 Å². The summed E-state index contributed by atoms with van der Waals surface area (Å²) in [5.74, 6) is -0.621. The number of ether oxygens (including phenoxy) is 5. The summed E-state index contributed by atoms with van der Waals surface area (Å²) in [5.41, 5.74) is 7.54. The van der Waals surface area contributed by atoms with E-state index in [1.54, 1.807) is 35.0 Å². The molecule has 0 spiro atoms. The molecule has 9 nitrogen and oxygen atoms in total. The van der Waals surface area contributed by atoms with Crippen LogP contribution in [-0.2, 0) is 9.47 Å². The van der Waals surface area contributed by atoms with Crippen LogP contribution in [0.1, 0.15) is 34.7 Å². The van der Waals surface area contributed by atoms with Gasteiger partial charge in [-0.3, -0.25) is 9.20 Å². The zero-order valence-electron chi connectivity index (χ0n) is 18.9. The van der Waals surface area contributed by atoms with Gasteiger partial charge in [-0.05, 0) is 30.9 Å². The number of alkyl halides is 2. The summed E-state index contributed by atoms with van der Waals surface area (Å²) >= 11 is 0.